The number of phenols is 1. The van der Waals surface area contributed by atoms with Gasteiger partial charge >= 0.3 is 6.03 Å². The summed E-state index contributed by atoms with van der Waals surface area (Å²) in [6.07, 6.45) is 1.33. The van der Waals surface area contributed by atoms with Crippen molar-refractivity contribution < 1.29 is 14.6 Å². The molecule has 2 aromatic rings. The SMILES string of the molecule is COc1ccc(-c2ccc(O)c(C=NNC(N)=O)c2)cc1. The predicted octanol–water partition coefficient (Wildman–Crippen LogP) is 2.07. The molecule has 0 aromatic heterocycles. The summed E-state index contributed by atoms with van der Waals surface area (Å²) in [4.78, 5) is 10.5. The van der Waals surface area contributed by atoms with E-state index in [1.807, 2.05) is 24.3 Å². The molecule has 0 heterocycles. The summed E-state index contributed by atoms with van der Waals surface area (Å²) in [6.45, 7) is 0. The minimum absolute atomic E-state index is 0.0577. The lowest BCUT2D eigenvalue weighted by atomic mass is 10.0. The minimum Gasteiger partial charge on any atom is -0.507 e. The Morgan fingerprint density at radius 2 is 1.90 bits per heavy atom. The fourth-order valence-corrected chi connectivity index (χ4v) is 1.79. The standard InChI is InChI=1S/C15H15N3O3/c1-21-13-5-2-10(3-6-13)11-4-7-14(19)12(8-11)9-17-18-15(16)20/h2-9,19H,1H3,(H3,16,18,20). The van der Waals surface area contributed by atoms with Crippen LogP contribution in [0.5, 0.6) is 11.5 Å². The van der Waals surface area contributed by atoms with E-state index in [9.17, 15) is 9.90 Å². The molecule has 2 rings (SSSR count). The number of urea groups is 1. The maximum atomic E-state index is 10.5. The van der Waals surface area contributed by atoms with Crippen molar-refractivity contribution >= 4 is 12.2 Å². The zero-order valence-corrected chi connectivity index (χ0v) is 11.4. The average Bonchev–Trinajstić information content (AvgIpc) is 2.49. The number of benzene rings is 2. The molecule has 2 amide bonds. The molecular weight excluding hydrogens is 270 g/mol. The Morgan fingerprint density at radius 3 is 2.52 bits per heavy atom. The maximum absolute atomic E-state index is 10.5. The summed E-state index contributed by atoms with van der Waals surface area (Å²) in [7, 11) is 1.61. The van der Waals surface area contributed by atoms with Crippen molar-refractivity contribution in [3.05, 3.63) is 48.0 Å². The third kappa shape index (κ3) is 3.73. The number of amides is 2. The number of nitrogens with zero attached hydrogens (tertiary/aromatic N) is 1. The smallest absolute Gasteiger partial charge is 0.332 e. The molecule has 4 N–H and O–H groups in total. The number of carbonyl (C=O) groups excluding carboxylic acids is 1. The average molecular weight is 285 g/mol. The monoisotopic (exact) mass is 285 g/mol. The van der Waals surface area contributed by atoms with Crippen molar-refractivity contribution in [3.8, 4) is 22.6 Å². The van der Waals surface area contributed by atoms with Gasteiger partial charge in [0.15, 0.2) is 0 Å². The van der Waals surface area contributed by atoms with Crippen molar-refractivity contribution in [2.45, 2.75) is 0 Å². The summed E-state index contributed by atoms with van der Waals surface area (Å²) < 4.78 is 5.11. The van der Waals surface area contributed by atoms with Gasteiger partial charge in [-0.25, -0.2) is 10.2 Å². The highest BCUT2D eigenvalue weighted by Gasteiger charge is 2.03. The summed E-state index contributed by atoms with van der Waals surface area (Å²) in [6, 6.07) is 11.9. The molecule has 21 heavy (non-hydrogen) atoms. The summed E-state index contributed by atoms with van der Waals surface area (Å²) in [5, 5.41) is 13.4. The van der Waals surface area contributed by atoms with Crippen LogP contribution in [0.25, 0.3) is 11.1 Å². The number of methoxy groups -OCH3 is 1. The highest BCUT2D eigenvalue weighted by molar-refractivity contribution is 5.87. The molecule has 0 unspecified atom stereocenters. The second-order valence-electron chi connectivity index (χ2n) is 4.24. The van der Waals surface area contributed by atoms with E-state index in [2.05, 4.69) is 10.5 Å². The number of primary amides is 1. The van der Waals surface area contributed by atoms with Crippen LogP contribution in [0.1, 0.15) is 5.56 Å². The number of nitrogens with two attached hydrogens (primary N) is 1. The summed E-state index contributed by atoms with van der Waals surface area (Å²) >= 11 is 0. The molecule has 6 nitrogen and oxygen atoms in total. The number of aromatic hydroxyl groups is 1. The molecule has 0 saturated heterocycles. The fourth-order valence-electron chi connectivity index (χ4n) is 1.79. The third-order valence-corrected chi connectivity index (χ3v) is 2.83. The quantitative estimate of drug-likeness (QED) is 0.592. The molecule has 0 aliphatic heterocycles. The lowest BCUT2D eigenvalue weighted by molar-refractivity contribution is 0.249. The van der Waals surface area contributed by atoms with Crippen molar-refractivity contribution in [3.63, 3.8) is 0 Å². The Kier molecular flexibility index (Phi) is 4.40. The van der Waals surface area contributed by atoms with Crippen LogP contribution in [0.3, 0.4) is 0 Å². The van der Waals surface area contributed by atoms with E-state index < -0.39 is 6.03 Å². The fraction of sp³-hybridized carbons (Fsp3) is 0.0667. The van der Waals surface area contributed by atoms with Gasteiger partial charge in [-0.15, -0.1) is 0 Å². The molecule has 0 spiro atoms. The first-order chi connectivity index (χ1) is 10.1. The number of nitrogens with one attached hydrogen (secondary N) is 1. The largest absolute Gasteiger partial charge is 0.507 e. The number of hydrogen-bond donors (Lipinski definition) is 3. The number of ether oxygens (including phenoxy) is 1. The van der Waals surface area contributed by atoms with Gasteiger partial charge in [0.05, 0.1) is 13.3 Å². The highest BCUT2D eigenvalue weighted by Crippen LogP contribution is 2.26. The molecular formula is C15H15N3O3. The van der Waals surface area contributed by atoms with E-state index in [0.717, 1.165) is 16.9 Å². The van der Waals surface area contributed by atoms with Crippen LogP contribution >= 0.6 is 0 Å². The van der Waals surface area contributed by atoms with Gasteiger partial charge < -0.3 is 15.6 Å². The molecule has 0 saturated carbocycles. The van der Waals surface area contributed by atoms with Crippen LogP contribution in [-0.2, 0) is 0 Å². The van der Waals surface area contributed by atoms with Gasteiger partial charge in [0, 0.05) is 5.56 Å². The minimum atomic E-state index is -0.767. The van der Waals surface area contributed by atoms with Crippen LogP contribution in [0.2, 0.25) is 0 Å². The van der Waals surface area contributed by atoms with Gasteiger partial charge in [0.1, 0.15) is 11.5 Å². The van der Waals surface area contributed by atoms with Crippen molar-refractivity contribution in [1.29, 1.82) is 0 Å². The Hall–Kier alpha value is -3.02. The molecule has 0 bridgehead atoms. The lowest BCUT2D eigenvalue weighted by Crippen LogP contribution is -2.24. The second-order valence-corrected chi connectivity index (χ2v) is 4.24. The van der Waals surface area contributed by atoms with Crippen LogP contribution < -0.4 is 15.9 Å². The molecule has 0 aliphatic rings. The van der Waals surface area contributed by atoms with Crippen molar-refractivity contribution in [1.82, 2.24) is 5.43 Å². The first kappa shape index (κ1) is 14.4. The van der Waals surface area contributed by atoms with Crippen molar-refractivity contribution in [2.24, 2.45) is 10.8 Å². The number of carbonyl (C=O) groups is 1. The normalized spacial score (nSPS) is 10.5. The Balaban J connectivity index is 2.28. The lowest BCUT2D eigenvalue weighted by Gasteiger charge is -2.06. The van der Waals surface area contributed by atoms with Gasteiger partial charge in [-0.3, -0.25) is 0 Å². The van der Waals surface area contributed by atoms with Gasteiger partial charge in [-0.1, -0.05) is 18.2 Å². The first-order valence-electron chi connectivity index (χ1n) is 6.16. The Morgan fingerprint density at radius 1 is 1.24 bits per heavy atom. The number of phenolic OH excluding ortho intramolecular Hbond substituents is 1. The van der Waals surface area contributed by atoms with E-state index in [1.54, 1.807) is 25.3 Å². The molecule has 0 atom stereocenters. The highest BCUT2D eigenvalue weighted by atomic mass is 16.5. The first-order valence-corrected chi connectivity index (χ1v) is 6.16. The van der Waals surface area contributed by atoms with Gasteiger partial charge in [-0.2, -0.15) is 5.10 Å². The van der Waals surface area contributed by atoms with E-state index in [4.69, 9.17) is 10.5 Å². The van der Waals surface area contributed by atoms with Crippen LogP contribution in [0, 0.1) is 0 Å². The maximum Gasteiger partial charge on any atom is 0.332 e. The zero-order valence-electron chi connectivity index (χ0n) is 11.4. The van der Waals surface area contributed by atoms with Gasteiger partial charge in [0.2, 0.25) is 0 Å². The molecule has 2 aromatic carbocycles. The van der Waals surface area contributed by atoms with Gasteiger partial charge in [0.25, 0.3) is 0 Å². The van der Waals surface area contributed by atoms with Gasteiger partial charge in [-0.05, 0) is 35.4 Å². The van der Waals surface area contributed by atoms with E-state index in [1.165, 1.54) is 6.21 Å². The van der Waals surface area contributed by atoms with Crippen molar-refractivity contribution in [2.75, 3.05) is 7.11 Å². The van der Waals surface area contributed by atoms with E-state index in [-0.39, 0.29) is 5.75 Å². The Bertz CT molecular complexity index is 666. The molecule has 108 valence electrons. The van der Waals surface area contributed by atoms with Crippen LogP contribution in [-0.4, -0.2) is 24.5 Å². The molecule has 6 heteroatoms. The zero-order chi connectivity index (χ0) is 15.2. The summed E-state index contributed by atoms with van der Waals surface area (Å²) in [5.41, 5.74) is 9.32. The molecule has 0 radical (unpaired) electrons. The molecule has 0 fully saturated rings. The second kappa shape index (κ2) is 6.42. The third-order valence-electron chi connectivity index (χ3n) is 2.83. The number of hydrazone groups is 1. The van der Waals surface area contributed by atoms with Crippen LogP contribution in [0.4, 0.5) is 4.79 Å². The Labute approximate surface area is 121 Å². The topological polar surface area (TPSA) is 96.9 Å². The summed E-state index contributed by atoms with van der Waals surface area (Å²) in [5.74, 6) is 0.826. The number of rotatable bonds is 4. The molecule has 0 aliphatic carbocycles. The van der Waals surface area contributed by atoms with E-state index >= 15 is 0 Å². The van der Waals surface area contributed by atoms with Crippen LogP contribution in [0.15, 0.2) is 47.6 Å². The predicted molar refractivity (Wildman–Crippen MR) is 80.4 cm³/mol. The van der Waals surface area contributed by atoms with E-state index in [0.29, 0.717) is 5.56 Å². The number of hydrogen-bond acceptors (Lipinski definition) is 4.